The summed E-state index contributed by atoms with van der Waals surface area (Å²) < 4.78 is 7.32. The molecular weight excluding hydrogens is 452 g/mol. The average molecular weight is 488 g/mol. The van der Waals surface area contributed by atoms with E-state index in [4.69, 9.17) is 4.74 Å². The van der Waals surface area contributed by atoms with Gasteiger partial charge in [-0.3, -0.25) is 9.38 Å². The Bertz CT molecular complexity index is 1070. The van der Waals surface area contributed by atoms with Crippen molar-refractivity contribution < 1.29 is 14.0 Å². The molecule has 6 rings (SSSR count). The van der Waals surface area contributed by atoms with Crippen LogP contribution in [0.5, 0.6) is 0 Å². The molecule has 0 aromatic heterocycles. The SMILES string of the molecule is O=C(OC1CC2CC[N+]1(CCCSc1ccccc1)CC2)N(Cc1ccccc1)c1ccccc1. The molecule has 0 radical (unpaired) electrons. The summed E-state index contributed by atoms with van der Waals surface area (Å²) in [6, 6.07) is 30.7. The fourth-order valence-electron chi connectivity index (χ4n) is 5.60. The fourth-order valence-corrected chi connectivity index (χ4v) is 6.46. The number of rotatable bonds is 9. The van der Waals surface area contributed by atoms with Gasteiger partial charge in [-0.25, -0.2) is 4.79 Å². The maximum atomic E-state index is 13.6. The first-order valence-electron chi connectivity index (χ1n) is 12.8. The van der Waals surface area contributed by atoms with E-state index in [0.29, 0.717) is 12.5 Å². The minimum absolute atomic E-state index is 0.0429. The highest BCUT2D eigenvalue weighted by Gasteiger charge is 2.49. The first-order chi connectivity index (χ1) is 17.2. The summed E-state index contributed by atoms with van der Waals surface area (Å²) in [5, 5.41) is 0. The van der Waals surface area contributed by atoms with Crippen molar-refractivity contribution in [2.45, 2.75) is 43.4 Å². The third-order valence-electron chi connectivity index (χ3n) is 7.58. The number of fused-ring (bicyclic) bond motifs is 3. The first kappa shape index (κ1) is 24.0. The molecular formula is C30H35N2O2S+. The number of ether oxygens (including phenoxy) is 1. The number of hydrogen-bond donors (Lipinski definition) is 0. The van der Waals surface area contributed by atoms with Crippen molar-refractivity contribution in [3.05, 3.63) is 96.6 Å². The molecule has 0 spiro atoms. The number of amides is 1. The maximum absolute atomic E-state index is 13.6. The van der Waals surface area contributed by atoms with E-state index in [-0.39, 0.29) is 12.3 Å². The Hall–Kier alpha value is -2.76. The van der Waals surface area contributed by atoms with Crippen LogP contribution in [0.2, 0.25) is 0 Å². The number of para-hydroxylation sites is 1. The number of nitrogens with zero attached hydrogens (tertiary/aromatic N) is 2. The van der Waals surface area contributed by atoms with E-state index in [1.54, 1.807) is 4.90 Å². The van der Waals surface area contributed by atoms with Gasteiger partial charge in [0.15, 0.2) is 0 Å². The van der Waals surface area contributed by atoms with Gasteiger partial charge < -0.3 is 4.74 Å². The van der Waals surface area contributed by atoms with Crippen LogP contribution in [0.25, 0.3) is 0 Å². The van der Waals surface area contributed by atoms with Gasteiger partial charge in [-0.1, -0.05) is 66.7 Å². The van der Waals surface area contributed by atoms with Crippen LogP contribution in [0.15, 0.2) is 95.9 Å². The highest BCUT2D eigenvalue weighted by molar-refractivity contribution is 7.99. The van der Waals surface area contributed by atoms with Crippen LogP contribution in [0.3, 0.4) is 0 Å². The Balaban J connectivity index is 1.27. The lowest BCUT2D eigenvalue weighted by Gasteiger charge is -2.53. The van der Waals surface area contributed by atoms with Crippen LogP contribution in [-0.4, -0.2) is 42.2 Å². The number of hydrogen-bond acceptors (Lipinski definition) is 3. The summed E-state index contributed by atoms with van der Waals surface area (Å²) in [4.78, 5) is 16.8. The molecule has 3 saturated heterocycles. The van der Waals surface area contributed by atoms with E-state index in [9.17, 15) is 4.79 Å². The number of benzene rings is 3. The van der Waals surface area contributed by atoms with E-state index in [1.165, 1.54) is 17.7 Å². The van der Waals surface area contributed by atoms with Gasteiger partial charge in [0.05, 0.1) is 26.2 Å². The number of quaternary nitrogens is 1. The third-order valence-corrected chi connectivity index (χ3v) is 8.68. The number of carbonyl (C=O) groups is 1. The Kier molecular flexibility index (Phi) is 7.75. The molecule has 3 aromatic rings. The molecule has 1 atom stereocenters. The second-order valence-electron chi connectivity index (χ2n) is 9.83. The van der Waals surface area contributed by atoms with Gasteiger partial charge >= 0.3 is 6.09 Å². The van der Waals surface area contributed by atoms with Crippen LogP contribution < -0.4 is 4.90 Å². The van der Waals surface area contributed by atoms with E-state index in [0.717, 1.165) is 54.0 Å². The lowest BCUT2D eigenvalue weighted by Crippen LogP contribution is -2.66. The molecule has 0 N–H and O–H groups in total. The molecule has 0 saturated carbocycles. The molecule has 4 nitrogen and oxygen atoms in total. The molecule has 3 aliphatic heterocycles. The summed E-state index contributed by atoms with van der Waals surface area (Å²) >= 11 is 1.92. The quantitative estimate of drug-likeness (QED) is 0.185. The van der Waals surface area contributed by atoms with Crippen LogP contribution in [0.4, 0.5) is 10.5 Å². The molecule has 182 valence electrons. The number of anilines is 1. The van der Waals surface area contributed by atoms with E-state index in [2.05, 4.69) is 42.5 Å². The van der Waals surface area contributed by atoms with Crippen molar-refractivity contribution in [2.24, 2.45) is 5.92 Å². The Morgan fingerprint density at radius 1 is 0.886 bits per heavy atom. The van der Waals surface area contributed by atoms with Gasteiger partial charge in [0.2, 0.25) is 6.23 Å². The van der Waals surface area contributed by atoms with Crippen molar-refractivity contribution >= 4 is 23.5 Å². The molecule has 1 unspecified atom stereocenters. The number of piperidine rings is 3. The summed E-state index contributed by atoms with van der Waals surface area (Å²) in [5.41, 5.74) is 1.98. The lowest BCUT2D eigenvalue weighted by atomic mass is 9.84. The largest absolute Gasteiger partial charge is 0.419 e. The minimum atomic E-state index is -0.228. The molecule has 5 heteroatoms. The Morgan fingerprint density at radius 3 is 2.20 bits per heavy atom. The monoisotopic (exact) mass is 487 g/mol. The van der Waals surface area contributed by atoms with Gasteiger partial charge in [0.25, 0.3) is 0 Å². The van der Waals surface area contributed by atoms with Crippen molar-refractivity contribution in [2.75, 3.05) is 30.3 Å². The summed E-state index contributed by atoms with van der Waals surface area (Å²) in [5.74, 6) is 1.78. The van der Waals surface area contributed by atoms with Gasteiger partial charge in [-0.05, 0) is 35.7 Å². The second-order valence-corrected chi connectivity index (χ2v) is 11.0. The smallest absolute Gasteiger partial charge is 0.396 e. The molecule has 3 aromatic carbocycles. The molecule has 1 amide bonds. The van der Waals surface area contributed by atoms with Crippen LogP contribution in [-0.2, 0) is 11.3 Å². The van der Waals surface area contributed by atoms with Crippen LogP contribution in [0, 0.1) is 5.92 Å². The van der Waals surface area contributed by atoms with Crippen LogP contribution >= 0.6 is 11.8 Å². The van der Waals surface area contributed by atoms with Crippen molar-refractivity contribution in [1.82, 2.24) is 0 Å². The van der Waals surface area contributed by atoms with Gasteiger partial charge in [0, 0.05) is 42.0 Å². The zero-order valence-electron chi connectivity index (χ0n) is 20.3. The summed E-state index contributed by atoms with van der Waals surface area (Å²) in [6.45, 7) is 3.84. The molecule has 3 fully saturated rings. The number of carbonyl (C=O) groups excluding carboxylic acids is 1. The zero-order valence-corrected chi connectivity index (χ0v) is 21.1. The van der Waals surface area contributed by atoms with E-state index < -0.39 is 0 Å². The Morgan fingerprint density at radius 2 is 1.51 bits per heavy atom. The van der Waals surface area contributed by atoms with E-state index >= 15 is 0 Å². The standard InChI is InChI=1S/C30H35N2O2S/c33-30(31(27-13-6-2-7-14-27)24-26-11-4-1-5-12-26)34-29-23-25-17-20-32(29,21-18-25)19-10-22-35-28-15-8-3-9-16-28/h1-9,11-16,25,29H,10,17-24H2/q+1. The van der Waals surface area contributed by atoms with Crippen LogP contribution in [0.1, 0.15) is 31.2 Å². The number of thioether (sulfide) groups is 1. The van der Waals surface area contributed by atoms with Crippen molar-refractivity contribution in [3.8, 4) is 0 Å². The summed E-state index contributed by atoms with van der Waals surface area (Å²) in [7, 11) is 0. The van der Waals surface area contributed by atoms with Gasteiger partial charge in [-0.15, -0.1) is 11.8 Å². The topological polar surface area (TPSA) is 29.5 Å². The van der Waals surface area contributed by atoms with Gasteiger partial charge in [-0.2, -0.15) is 0 Å². The van der Waals surface area contributed by atoms with Gasteiger partial charge in [0.1, 0.15) is 0 Å². The van der Waals surface area contributed by atoms with Crippen molar-refractivity contribution in [3.63, 3.8) is 0 Å². The maximum Gasteiger partial charge on any atom is 0.419 e. The first-order valence-corrected chi connectivity index (χ1v) is 13.8. The predicted octanol–water partition coefficient (Wildman–Crippen LogP) is 6.97. The summed E-state index contributed by atoms with van der Waals surface area (Å²) in [6.07, 6.45) is 4.36. The highest BCUT2D eigenvalue weighted by Crippen LogP contribution is 2.40. The van der Waals surface area contributed by atoms with Crippen molar-refractivity contribution in [1.29, 1.82) is 0 Å². The lowest BCUT2D eigenvalue weighted by molar-refractivity contribution is -0.983. The highest BCUT2D eigenvalue weighted by atomic mass is 32.2. The molecule has 2 bridgehead atoms. The predicted molar refractivity (Wildman–Crippen MR) is 143 cm³/mol. The molecule has 3 aliphatic rings. The third kappa shape index (κ3) is 5.91. The molecule has 0 aliphatic carbocycles. The minimum Gasteiger partial charge on any atom is -0.396 e. The molecule has 35 heavy (non-hydrogen) atoms. The zero-order chi connectivity index (χ0) is 23.9. The fraction of sp³-hybridized carbons (Fsp3) is 0.367. The second kappa shape index (κ2) is 11.3. The average Bonchev–Trinajstić information content (AvgIpc) is 2.92. The van der Waals surface area contributed by atoms with E-state index in [1.807, 2.05) is 60.3 Å². The molecule has 3 heterocycles. The Labute approximate surface area is 213 Å². The normalized spacial score (nSPS) is 23.1.